The largest absolute Gasteiger partial charge is 0.411 e. The van der Waals surface area contributed by atoms with Crippen LogP contribution in [0.25, 0.3) is 17.1 Å². The summed E-state index contributed by atoms with van der Waals surface area (Å²) < 4.78 is 9.35. The second-order valence-electron chi connectivity index (χ2n) is 7.79. The molecule has 5 aromatic heterocycles. The lowest BCUT2D eigenvalue weighted by Gasteiger charge is -2.32. The molecule has 0 fully saturated rings. The van der Waals surface area contributed by atoms with Crippen LogP contribution in [0.3, 0.4) is 0 Å². The van der Waals surface area contributed by atoms with Crippen molar-refractivity contribution >= 4 is 11.4 Å². The normalized spacial score (nSPS) is 15.9. The van der Waals surface area contributed by atoms with Gasteiger partial charge in [-0.3, -0.25) is 4.79 Å². The Morgan fingerprint density at radius 3 is 3.00 bits per heavy atom. The first-order valence-electron chi connectivity index (χ1n) is 10.2. The molecule has 1 atom stereocenters. The molecule has 0 aliphatic carbocycles. The number of rotatable bonds is 3. The molecule has 0 aromatic carbocycles. The van der Waals surface area contributed by atoms with E-state index in [1.807, 2.05) is 42.8 Å². The van der Waals surface area contributed by atoms with E-state index < -0.39 is 6.04 Å². The van der Waals surface area contributed by atoms with Gasteiger partial charge in [-0.25, -0.2) is 14.5 Å². The van der Waals surface area contributed by atoms with Crippen molar-refractivity contribution in [1.29, 1.82) is 0 Å². The Balaban J connectivity index is 1.42. The highest BCUT2D eigenvalue weighted by atomic mass is 16.4. The Morgan fingerprint density at radius 1 is 1.28 bits per heavy atom. The van der Waals surface area contributed by atoms with E-state index in [1.165, 1.54) is 0 Å². The second kappa shape index (κ2) is 6.87. The monoisotopic (exact) mass is 429 g/mol. The van der Waals surface area contributed by atoms with E-state index in [1.54, 1.807) is 28.3 Å². The average molecular weight is 429 g/mol. The van der Waals surface area contributed by atoms with E-state index in [0.717, 1.165) is 28.3 Å². The van der Waals surface area contributed by atoms with Gasteiger partial charge in [0.1, 0.15) is 11.7 Å². The topological polar surface area (TPSA) is 123 Å². The Hall–Kier alpha value is -4.28. The van der Waals surface area contributed by atoms with Crippen LogP contribution in [-0.4, -0.2) is 56.7 Å². The number of amides is 1. The molecule has 0 saturated heterocycles. The lowest BCUT2D eigenvalue weighted by Crippen LogP contribution is -2.41. The van der Waals surface area contributed by atoms with Gasteiger partial charge in [0.25, 0.3) is 5.89 Å². The standard InChI is InChI=1S/C21H19N9O2/c1-12-4-3-5-13-8-15(27-30(12)13)18-17-14(23-10-24-17)6-7-29(18)21(31)20-26-25-19(32-20)16-9-22-11-28(16)2/h3-5,8-11,18H,6-7H2,1-2H3,(H,23,24). The minimum atomic E-state index is -0.469. The minimum absolute atomic E-state index is 0.0786. The van der Waals surface area contributed by atoms with Gasteiger partial charge in [-0.15, -0.1) is 10.2 Å². The van der Waals surface area contributed by atoms with E-state index in [9.17, 15) is 4.79 Å². The summed E-state index contributed by atoms with van der Waals surface area (Å²) in [5.74, 6) is -0.200. The quantitative estimate of drug-likeness (QED) is 0.465. The number of hydrogen-bond acceptors (Lipinski definition) is 7. The SMILES string of the molecule is Cc1cccc2cc(C3c4nc[nH]c4CCN3C(=O)c3nnc(-c4cncn4C)o3)nn12. The van der Waals surface area contributed by atoms with E-state index in [2.05, 4.69) is 25.1 Å². The Bertz CT molecular complexity index is 1460. The van der Waals surface area contributed by atoms with Crippen LogP contribution in [0.5, 0.6) is 0 Å². The Labute approximate surface area is 181 Å². The first kappa shape index (κ1) is 18.5. The summed E-state index contributed by atoms with van der Waals surface area (Å²) in [5, 5.41) is 12.9. The Morgan fingerprint density at radius 2 is 2.19 bits per heavy atom. The summed E-state index contributed by atoms with van der Waals surface area (Å²) in [6, 6.07) is 7.48. The maximum absolute atomic E-state index is 13.5. The third kappa shape index (κ3) is 2.74. The van der Waals surface area contributed by atoms with Gasteiger partial charge >= 0.3 is 11.8 Å². The molecule has 0 radical (unpaired) electrons. The lowest BCUT2D eigenvalue weighted by atomic mass is 9.99. The molecule has 1 aliphatic heterocycles. The molecule has 1 amide bonds. The first-order chi connectivity index (χ1) is 15.6. The van der Waals surface area contributed by atoms with Crippen LogP contribution < -0.4 is 0 Å². The van der Waals surface area contributed by atoms with Gasteiger partial charge in [0.2, 0.25) is 0 Å². The fourth-order valence-corrected chi connectivity index (χ4v) is 4.20. The highest BCUT2D eigenvalue weighted by molar-refractivity contribution is 5.90. The third-order valence-electron chi connectivity index (χ3n) is 5.80. The number of fused-ring (bicyclic) bond motifs is 2. The van der Waals surface area contributed by atoms with E-state index >= 15 is 0 Å². The van der Waals surface area contributed by atoms with Crippen molar-refractivity contribution in [2.24, 2.45) is 7.05 Å². The van der Waals surface area contributed by atoms with Gasteiger partial charge < -0.3 is 18.9 Å². The van der Waals surface area contributed by atoms with Crippen molar-refractivity contribution in [2.75, 3.05) is 6.54 Å². The predicted octanol–water partition coefficient (Wildman–Crippen LogP) is 1.94. The molecule has 5 aromatic rings. The number of hydrogen-bond donors (Lipinski definition) is 1. The van der Waals surface area contributed by atoms with Crippen molar-refractivity contribution < 1.29 is 9.21 Å². The average Bonchev–Trinajstić information content (AvgIpc) is 3.57. The van der Waals surface area contributed by atoms with Gasteiger partial charge in [0.05, 0.1) is 35.8 Å². The Kier molecular flexibility index (Phi) is 3.97. The maximum atomic E-state index is 13.5. The van der Waals surface area contributed by atoms with Gasteiger partial charge in [-0.2, -0.15) is 5.10 Å². The number of nitrogens with zero attached hydrogens (tertiary/aromatic N) is 8. The number of aromatic nitrogens is 8. The number of carbonyl (C=O) groups is 1. The lowest BCUT2D eigenvalue weighted by molar-refractivity contribution is 0.0646. The summed E-state index contributed by atoms with van der Waals surface area (Å²) in [5.41, 5.74) is 5.09. The molecule has 11 heteroatoms. The number of aromatic amines is 1. The molecular formula is C21H19N9O2. The molecule has 11 nitrogen and oxygen atoms in total. The van der Waals surface area contributed by atoms with Gasteiger partial charge in [-0.05, 0) is 25.1 Å². The number of carbonyl (C=O) groups excluding carboxylic acids is 1. The van der Waals surface area contributed by atoms with Crippen LogP contribution in [-0.2, 0) is 13.5 Å². The summed E-state index contributed by atoms with van der Waals surface area (Å²) >= 11 is 0. The molecule has 0 spiro atoms. The molecule has 160 valence electrons. The van der Waals surface area contributed by atoms with Crippen LogP contribution in [0.2, 0.25) is 0 Å². The minimum Gasteiger partial charge on any atom is -0.411 e. The zero-order valence-corrected chi connectivity index (χ0v) is 17.4. The maximum Gasteiger partial charge on any atom is 0.312 e. The molecule has 32 heavy (non-hydrogen) atoms. The van der Waals surface area contributed by atoms with Crippen LogP contribution in [0.4, 0.5) is 0 Å². The van der Waals surface area contributed by atoms with Crippen molar-refractivity contribution in [1.82, 2.24) is 44.2 Å². The number of nitrogens with one attached hydrogen (secondary N) is 1. The van der Waals surface area contributed by atoms with Crippen molar-refractivity contribution in [3.05, 3.63) is 71.8 Å². The van der Waals surface area contributed by atoms with Gasteiger partial charge in [0, 0.05) is 31.4 Å². The molecule has 1 N–H and O–H groups in total. The smallest absolute Gasteiger partial charge is 0.312 e. The summed E-state index contributed by atoms with van der Waals surface area (Å²) in [6.07, 6.45) is 5.54. The predicted molar refractivity (Wildman–Crippen MR) is 112 cm³/mol. The first-order valence-corrected chi connectivity index (χ1v) is 10.2. The fourth-order valence-electron chi connectivity index (χ4n) is 4.20. The van der Waals surface area contributed by atoms with Crippen molar-refractivity contribution in [3.8, 4) is 11.6 Å². The zero-order valence-electron chi connectivity index (χ0n) is 17.4. The second-order valence-corrected chi connectivity index (χ2v) is 7.79. The number of aryl methyl sites for hydroxylation is 2. The van der Waals surface area contributed by atoms with E-state index in [0.29, 0.717) is 18.7 Å². The molecule has 0 saturated carbocycles. The van der Waals surface area contributed by atoms with Crippen molar-refractivity contribution in [2.45, 2.75) is 19.4 Å². The zero-order chi connectivity index (χ0) is 21.8. The van der Waals surface area contributed by atoms with Crippen LogP contribution in [0.1, 0.15) is 39.5 Å². The fraction of sp³-hybridized carbons (Fsp3) is 0.238. The summed E-state index contributed by atoms with van der Waals surface area (Å²) in [4.78, 5) is 27.0. The van der Waals surface area contributed by atoms with Crippen LogP contribution in [0.15, 0.2) is 47.5 Å². The molecule has 6 heterocycles. The van der Waals surface area contributed by atoms with Crippen LogP contribution in [0, 0.1) is 6.92 Å². The molecule has 1 unspecified atom stereocenters. The van der Waals surface area contributed by atoms with E-state index in [4.69, 9.17) is 9.52 Å². The van der Waals surface area contributed by atoms with Gasteiger partial charge in [-0.1, -0.05) is 6.07 Å². The number of imidazole rings is 2. The molecule has 1 aliphatic rings. The summed E-state index contributed by atoms with van der Waals surface area (Å²) in [6.45, 7) is 2.46. The van der Waals surface area contributed by atoms with Crippen molar-refractivity contribution in [3.63, 3.8) is 0 Å². The molecule has 6 rings (SSSR count). The molecular weight excluding hydrogens is 410 g/mol. The summed E-state index contributed by atoms with van der Waals surface area (Å²) in [7, 11) is 1.82. The van der Waals surface area contributed by atoms with Crippen LogP contribution >= 0.6 is 0 Å². The van der Waals surface area contributed by atoms with E-state index in [-0.39, 0.29) is 17.7 Å². The highest BCUT2D eigenvalue weighted by Crippen LogP contribution is 2.34. The highest BCUT2D eigenvalue weighted by Gasteiger charge is 2.38. The third-order valence-corrected chi connectivity index (χ3v) is 5.80. The number of pyridine rings is 1. The van der Waals surface area contributed by atoms with Gasteiger partial charge in [0.15, 0.2) is 0 Å². The molecule has 0 bridgehead atoms. The number of H-pyrrole nitrogens is 1.